The van der Waals surface area contributed by atoms with Gasteiger partial charge in [0.1, 0.15) is 0 Å². The molecule has 0 bridgehead atoms. The molecular formula is C19H19N3O3. The Balaban J connectivity index is 1.93. The molecule has 3 aromatic rings. The summed E-state index contributed by atoms with van der Waals surface area (Å²) in [5.41, 5.74) is 1.51. The number of aliphatic hydroxyl groups is 1. The van der Waals surface area contributed by atoms with Crippen LogP contribution in [-0.4, -0.2) is 20.7 Å². The van der Waals surface area contributed by atoms with Gasteiger partial charge in [0.15, 0.2) is 11.8 Å². The van der Waals surface area contributed by atoms with Gasteiger partial charge in [0.25, 0.3) is 5.91 Å². The zero-order valence-electron chi connectivity index (χ0n) is 13.8. The summed E-state index contributed by atoms with van der Waals surface area (Å²) in [6.45, 7) is 2.64. The topological polar surface area (TPSA) is 87.2 Å². The van der Waals surface area contributed by atoms with Crippen molar-refractivity contribution >= 4 is 22.5 Å². The Kier molecular flexibility index (Phi) is 4.90. The fourth-order valence-electron chi connectivity index (χ4n) is 2.75. The third-order valence-electron chi connectivity index (χ3n) is 3.96. The fraction of sp³-hybridized carbons (Fsp3) is 0.211. The predicted octanol–water partition coefficient (Wildman–Crippen LogP) is 4.10. The molecule has 2 aromatic carbocycles. The summed E-state index contributed by atoms with van der Waals surface area (Å²) >= 11 is 0. The molecule has 6 heteroatoms. The minimum atomic E-state index is -1.38. The van der Waals surface area contributed by atoms with Crippen LogP contribution in [0.4, 0.5) is 5.69 Å². The van der Waals surface area contributed by atoms with E-state index in [4.69, 9.17) is 0 Å². The van der Waals surface area contributed by atoms with Crippen LogP contribution in [0.1, 0.15) is 25.0 Å². The van der Waals surface area contributed by atoms with Crippen LogP contribution in [0.15, 0.2) is 64.8 Å². The van der Waals surface area contributed by atoms with Crippen molar-refractivity contribution in [2.45, 2.75) is 26.0 Å². The molecule has 1 amide bonds. The molecule has 128 valence electrons. The van der Waals surface area contributed by atoms with Crippen molar-refractivity contribution in [3.8, 4) is 5.88 Å². The van der Waals surface area contributed by atoms with Gasteiger partial charge in [-0.2, -0.15) is 0 Å². The molecular weight excluding hydrogens is 318 g/mol. The van der Waals surface area contributed by atoms with Crippen molar-refractivity contribution in [2.75, 3.05) is 0 Å². The zero-order valence-corrected chi connectivity index (χ0v) is 13.8. The number of hydrogen-bond donors (Lipinski definition) is 2. The van der Waals surface area contributed by atoms with Crippen molar-refractivity contribution in [1.29, 1.82) is 0 Å². The van der Waals surface area contributed by atoms with E-state index in [1.807, 2.05) is 31.2 Å². The van der Waals surface area contributed by atoms with Crippen molar-refractivity contribution < 1.29 is 15.0 Å². The number of carbonyl (C=O) groups excluding carboxylic acids is 1. The van der Waals surface area contributed by atoms with E-state index in [-0.39, 0.29) is 11.6 Å². The summed E-state index contributed by atoms with van der Waals surface area (Å²) in [6, 6.07) is 15.9. The van der Waals surface area contributed by atoms with E-state index >= 15 is 0 Å². The lowest BCUT2D eigenvalue weighted by Crippen LogP contribution is -2.08. The first-order valence-corrected chi connectivity index (χ1v) is 8.12. The first kappa shape index (κ1) is 16.9. The summed E-state index contributed by atoms with van der Waals surface area (Å²) < 4.78 is 1.74. The van der Waals surface area contributed by atoms with E-state index in [0.717, 1.165) is 11.9 Å². The molecule has 0 aliphatic carbocycles. The van der Waals surface area contributed by atoms with E-state index in [1.165, 1.54) is 0 Å². The van der Waals surface area contributed by atoms with Crippen molar-refractivity contribution in [3.63, 3.8) is 0 Å². The monoisotopic (exact) mass is 337 g/mol. The molecule has 0 saturated carbocycles. The highest BCUT2D eigenvalue weighted by Gasteiger charge is 2.19. The average molecular weight is 337 g/mol. The number of para-hydroxylation sites is 1. The number of aromatic nitrogens is 1. The summed E-state index contributed by atoms with van der Waals surface area (Å²) in [7, 11) is 0. The second-order valence-electron chi connectivity index (χ2n) is 5.69. The normalized spacial score (nSPS) is 12.7. The Morgan fingerprint density at radius 2 is 1.80 bits per heavy atom. The highest BCUT2D eigenvalue weighted by molar-refractivity contribution is 5.95. The number of amides is 1. The number of fused-ring (bicyclic) bond motifs is 1. The number of azo groups is 1. The number of aryl methyl sites for hydroxylation is 1. The van der Waals surface area contributed by atoms with Crippen LogP contribution in [0.3, 0.4) is 0 Å². The molecule has 0 aliphatic heterocycles. The summed E-state index contributed by atoms with van der Waals surface area (Å²) in [5.74, 6) is -0.813. The first-order valence-electron chi connectivity index (χ1n) is 8.12. The van der Waals surface area contributed by atoms with Gasteiger partial charge in [0.2, 0.25) is 5.88 Å². The largest absolute Gasteiger partial charge is 0.493 e. The molecule has 0 fully saturated rings. The van der Waals surface area contributed by atoms with Crippen molar-refractivity contribution in [2.24, 2.45) is 10.2 Å². The first-order chi connectivity index (χ1) is 12.1. The number of aliphatic hydroxyl groups excluding tert-OH is 1. The molecule has 0 unspecified atom stereocenters. The van der Waals surface area contributed by atoms with Gasteiger partial charge in [-0.15, -0.1) is 10.2 Å². The fourth-order valence-corrected chi connectivity index (χ4v) is 2.75. The van der Waals surface area contributed by atoms with Crippen LogP contribution in [0.25, 0.3) is 10.9 Å². The van der Waals surface area contributed by atoms with Crippen LogP contribution in [0.5, 0.6) is 5.88 Å². The zero-order chi connectivity index (χ0) is 17.8. The second kappa shape index (κ2) is 7.27. The third-order valence-corrected chi connectivity index (χ3v) is 3.96. The molecule has 1 aromatic heterocycles. The lowest BCUT2D eigenvalue weighted by Gasteiger charge is -2.05. The lowest BCUT2D eigenvalue weighted by atomic mass is 10.1. The molecule has 0 spiro atoms. The highest BCUT2D eigenvalue weighted by Crippen LogP contribution is 2.39. The summed E-state index contributed by atoms with van der Waals surface area (Å²) in [4.78, 5) is 12.1. The number of carbonyl (C=O) groups is 1. The van der Waals surface area contributed by atoms with Gasteiger partial charge >= 0.3 is 0 Å². The molecule has 1 atom stereocenters. The summed E-state index contributed by atoms with van der Waals surface area (Å²) in [5, 5.41) is 28.8. The maximum atomic E-state index is 12.1. The van der Waals surface area contributed by atoms with Gasteiger partial charge in [-0.1, -0.05) is 55.5 Å². The SMILES string of the molecule is CCCn1c(O)c(N=NC(=O)[C@@H](O)c2ccccc2)c2ccccc21. The van der Waals surface area contributed by atoms with E-state index < -0.39 is 12.0 Å². The molecule has 2 N–H and O–H groups in total. The van der Waals surface area contributed by atoms with Crippen molar-refractivity contribution in [1.82, 2.24) is 4.57 Å². The summed E-state index contributed by atoms with van der Waals surface area (Å²) in [6.07, 6.45) is -0.537. The van der Waals surface area contributed by atoms with Gasteiger partial charge in [-0.3, -0.25) is 4.79 Å². The van der Waals surface area contributed by atoms with E-state index in [1.54, 1.807) is 34.9 Å². The van der Waals surface area contributed by atoms with Crippen molar-refractivity contribution in [3.05, 3.63) is 60.2 Å². The minimum Gasteiger partial charge on any atom is -0.493 e. The van der Waals surface area contributed by atoms with E-state index in [2.05, 4.69) is 10.2 Å². The lowest BCUT2D eigenvalue weighted by molar-refractivity contribution is -0.126. The molecule has 1 heterocycles. The standard InChI is InChI=1S/C19H19N3O3/c1-2-12-22-15-11-7-6-10-14(15)16(19(22)25)20-21-18(24)17(23)13-8-4-3-5-9-13/h3-11,17,23,25H,2,12H2,1H3/t17-/m0/s1. The third kappa shape index (κ3) is 3.29. The molecule has 0 radical (unpaired) electrons. The molecule has 25 heavy (non-hydrogen) atoms. The molecule has 0 aliphatic rings. The Morgan fingerprint density at radius 1 is 1.12 bits per heavy atom. The quantitative estimate of drug-likeness (QED) is 0.687. The molecule has 3 rings (SSSR count). The maximum absolute atomic E-state index is 12.1. The number of aromatic hydroxyl groups is 1. The Morgan fingerprint density at radius 3 is 2.52 bits per heavy atom. The Labute approximate surface area is 145 Å². The van der Waals surface area contributed by atoms with Gasteiger partial charge in [-0.05, 0) is 18.1 Å². The van der Waals surface area contributed by atoms with Crippen LogP contribution < -0.4 is 0 Å². The van der Waals surface area contributed by atoms with Crippen LogP contribution in [0.2, 0.25) is 0 Å². The molecule has 6 nitrogen and oxygen atoms in total. The number of rotatable bonds is 5. The number of hydrogen-bond acceptors (Lipinski definition) is 4. The smallest absolute Gasteiger partial charge is 0.297 e. The highest BCUT2D eigenvalue weighted by atomic mass is 16.3. The van der Waals surface area contributed by atoms with Crippen LogP contribution in [0, 0.1) is 0 Å². The second-order valence-corrected chi connectivity index (χ2v) is 5.69. The number of benzene rings is 2. The van der Waals surface area contributed by atoms with E-state index in [0.29, 0.717) is 17.5 Å². The van der Waals surface area contributed by atoms with E-state index in [9.17, 15) is 15.0 Å². The minimum absolute atomic E-state index is 0.0335. The van der Waals surface area contributed by atoms with Crippen LogP contribution in [-0.2, 0) is 11.3 Å². The molecule has 0 saturated heterocycles. The van der Waals surface area contributed by atoms with Gasteiger partial charge < -0.3 is 14.8 Å². The number of nitrogens with zero attached hydrogens (tertiary/aromatic N) is 3. The van der Waals surface area contributed by atoms with Crippen LogP contribution >= 0.6 is 0 Å². The Bertz CT molecular complexity index is 916. The maximum Gasteiger partial charge on any atom is 0.297 e. The predicted molar refractivity (Wildman–Crippen MR) is 94.8 cm³/mol. The van der Waals surface area contributed by atoms with Gasteiger partial charge in [-0.25, -0.2) is 0 Å². The van der Waals surface area contributed by atoms with Gasteiger partial charge in [0.05, 0.1) is 5.52 Å². The Hall–Kier alpha value is -2.99. The average Bonchev–Trinajstić information content (AvgIpc) is 2.92. The van der Waals surface area contributed by atoms with Gasteiger partial charge in [0, 0.05) is 11.9 Å².